The topological polar surface area (TPSA) is 113 Å². The number of carbonyl (C=O) groups is 2. The summed E-state index contributed by atoms with van der Waals surface area (Å²) >= 11 is 0.972. The molecule has 0 saturated carbocycles. The molecule has 0 aromatic carbocycles. The Hall–Kier alpha value is -1.49. The van der Waals surface area contributed by atoms with E-state index in [9.17, 15) is 18.0 Å². The van der Waals surface area contributed by atoms with Crippen molar-refractivity contribution in [2.45, 2.75) is 24.8 Å². The number of aliphatic carboxylic acids is 1. The van der Waals surface area contributed by atoms with Crippen molar-refractivity contribution in [1.82, 2.24) is 9.62 Å². The standard InChI is InChI=1S/C14H20N2O6S2/c1-9(2)12(14(18)19)15-13(17)11-7-10(8-23-11)24(20,21)16-3-5-22-6-4-16/h7-9,12H,3-6H2,1-2H3,(H,15,17)(H,18,19)/t12-/m1/s1. The molecule has 0 spiro atoms. The Kier molecular flexibility index (Phi) is 5.97. The summed E-state index contributed by atoms with van der Waals surface area (Å²) in [6.45, 7) is 4.59. The van der Waals surface area contributed by atoms with E-state index in [1.807, 2.05) is 0 Å². The van der Waals surface area contributed by atoms with Crippen molar-refractivity contribution in [3.63, 3.8) is 0 Å². The molecule has 2 N–H and O–H groups in total. The van der Waals surface area contributed by atoms with E-state index in [1.165, 1.54) is 15.8 Å². The number of carboxylic acid groups (broad SMARTS) is 1. The van der Waals surface area contributed by atoms with Crippen molar-refractivity contribution in [3.05, 3.63) is 16.3 Å². The van der Waals surface area contributed by atoms with Crippen LogP contribution in [0.5, 0.6) is 0 Å². The van der Waals surface area contributed by atoms with Gasteiger partial charge in [-0.2, -0.15) is 4.31 Å². The first-order chi connectivity index (χ1) is 11.2. The number of carbonyl (C=O) groups excluding carboxylic acids is 1. The van der Waals surface area contributed by atoms with Crippen LogP contribution in [-0.4, -0.2) is 62.1 Å². The molecule has 1 aromatic rings. The van der Waals surface area contributed by atoms with Crippen molar-refractivity contribution in [2.75, 3.05) is 26.3 Å². The summed E-state index contributed by atoms with van der Waals surface area (Å²) in [4.78, 5) is 23.5. The van der Waals surface area contributed by atoms with Crippen LogP contribution in [0.25, 0.3) is 0 Å². The molecule has 10 heteroatoms. The summed E-state index contributed by atoms with van der Waals surface area (Å²) < 4.78 is 31.5. The predicted octanol–water partition coefficient (Wildman–Crippen LogP) is 0.608. The van der Waals surface area contributed by atoms with Gasteiger partial charge in [0, 0.05) is 18.5 Å². The molecule has 8 nitrogen and oxygen atoms in total. The van der Waals surface area contributed by atoms with Gasteiger partial charge < -0.3 is 15.2 Å². The monoisotopic (exact) mass is 376 g/mol. The van der Waals surface area contributed by atoms with Crippen LogP contribution in [-0.2, 0) is 19.6 Å². The van der Waals surface area contributed by atoms with Gasteiger partial charge in [0.2, 0.25) is 10.0 Å². The summed E-state index contributed by atoms with van der Waals surface area (Å²) in [5.41, 5.74) is 0. The summed E-state index contributed by atoms with van der Waals surface area (Å²) in [5.74, 6) is -2.01. The van der Waals surface area contributed by atoms with E-state index in [0.29, 0.717) is 13.2 Å². The van der Waals surface area contributed by atoms with Gasteiger partial charge in [-0.3, -0.25) is 4.79 Å². The molecule has 134 valence electrons. The molecule has 1 saturated heterocycles. The maximum Gasteiger partial charge on any atom is 0.326 e. The minimum atomic E-state index is -3.67. The van der Waals surface area contributed by atoms with Gasteiger partial charge in [0.15, 0.2) is 0 Å². The second kappa shape index (κ2) is 7.60. The summed E-state index contributed by atoms with van der Waals surface area (Å²) in [6.07, 6.45) is 0. The SMILES string of the molecule is CC(C)[C@@H](NC(=O)c1cc(S(=O)(=O)N2CCOCC2)cs1)C(=O)O. The van der Waals surface area contributed by atoms with Gasteiger partial charge in [-0.1, -0.05) is 13.8 Å². The molecule has 1 aliphatic rings. The molecule has 1 fully saturated rings. The van der Waals surface area contributed by atoms with E-state index >= 15 is 0 Å². The lowest BCUT2D eigenvalue weighted by Crippen LogP contribution is -2.44. The normalized spacial score (nSPS) is 17.6. The third kappa shape index (κ3) is 4.12. The highest BCUT2D eigenvalue weighted by Crippen LogP contribution is 2.23. The molecule has 1 aromatic heterocycles. The van der Waals surface area contributed by atoms with Crippen molar-refractivity contribution >= 4 is 33.2 Å². The Morgan fingerprint density at radius 1 is 1.33 bits per heavy atom. The van der Waals surface area contributed by atoms with Crippen LogP contribution in [0, 0.1) is 5.92 Å². The molecule has 0 unspecified atom stereocenters. The lowest BCUT2D eigenvalue weighted by molar-refractivity contribution is -0.140. The van der Waals surface area contributed by atoms with Crippen LogP contribution in [0.4, 0.5) is 0 Å². The highest BCUT2D eigenvalue weighted by atomic mass is 32.2. The average molecular weight is 376 g/mol. The molecule has 0 radical (unpaired) electrons. The lowest BCUT2D eigenvalue weighted by Gasteiger charge is -2.25. The maximum atomic E-state index is 12.5. The van der Waals surface area contributed by atoms with Gasteiger partial charge >= 0.3 is 5.97 Å². The van der Waals surface area contributed by atoms with Crippen LogP contribution < -0.4 is 5.32 Å². The van der Waals surface area contributed by atoms with Crippen LogP contribution in [0.15, 0.2) is 16.3 Å². The Bertz CT molecular complexity index is 707. The summed E-state index contributed by atoms with van der Waals surface area (Å²) in [6, 6.07) is 0.253. The summed E-state index contributed by atoms with van der Waals surface area (Å²) in [5, 5.41) is 12.9. The number of rotatable bonds is 6. The molecule has 2 rings (SSSR count). The number of hydrogen-bond donors (Lipinski definition) is 2. The lowest BCUT2D eigenvalue weighted by atomic mass is 10.0. The number of hydrogen-bond acceptors (Lipinski definition) is 6. The molecular weight excluding hydrogens is 356 g/mol. The second-order valence-corrected chi connectivity index (χ2v) is 8.55. The van der Waals surface area contributed by atoms with Crippen LogP contribution >= 0.6 is 11.3 Å². The highest BCUT2D eigenvalue weighted by Gasteiger charge is 2.29. The van der Waals surface area contributed by atoms with Gasteiger partial charge in [-0.25, -0.2) is 13.2 Å². The van der Waals surface area contributed by atoms with Gasteiger partial charge in [0.25, 0.3) is 5.91 Å². The van der Waals surface area contributed by atoms with Gasteiger partial charge in [0.1, 0.15) is 6.04 Å². The minimum absolute atomic E-state index is 0.0379. The minimum Gasteiger partial charge on any atom is -0.480 e. The Labute approximate surface area is 144 Å². The second-order valence-electron chi connectivity index (χ2n) is 5.70. The smallest absolute Gasteiger partial charge is 0.326 e. The predicted molar refractivity (Wildman–Crippen MR) is 87.6 cm³/mol. The number of morpholine rings is 1. The third-order valence-electron chi connectivity index (χ3n) is 3.63. The number of nitrogens with one attached hydrogen (secondary N) is 1. The fourth-order valence-corrected chi connectivity index (χ4v) is 4.81. The first-order valence-corrected chi connectivity index (χ1v) is 9.75. The third-order valence-corrected chi connectivity index (χ3v) is 6.58. The molecule has 1 aliphatic heterocycles. The number of amides is 1. The number of carboxylic acids is 1. The van der Waals surface area contributed by atoms with E-state index in [2.05, 4.69) is 5.32 Å². The first-order valence-electron chi connectivity index (χ1n) is 7.43. The largest absolute Gasteiger partial charge is 0.480 e. The average Bonchev–Trinajstić information content (AvgIpc) is 3.03. The highest BCUT2D eigenvalue weighted by molar-refractivity contribution is 7.89. The Morgan fingerprint density at radius 3 is 2.50 bits per heavy atom. The van der Waals surface area contributed by atoms with E-state index in [1.54, 1.807) is 13.8 Å². The zero-order chi connectivity index (χ0) is 17.9. The van der Waals surface area contributed by atoms with Crippen LogP contribution in [0.3, 0.4) is 0 Å². The van der Waals surface area contributed by atoms with Gasteiger partial charge in [-0.15, -0.1) is 11.3 Å². The van der Waals surface area contributed by atoms with Crippen molar-refractivity contribution in [2.24, 2.45) is 5.92 Å². The quantitative estimate of drug-likeness (QED) is 0.752. The number of thiophene rings is 1. The van der Waals surface area contributed by atoms with E-state index in [4.69, 9.17) is 9.84 Å². The van der Waals surface area contributed by atoms with E-state index in [0.717, 1.165) is 11.3 Å². The van der Waals surface area contributed by atoms with Crippen LogP contribution in [0.1, 0.15) is 23.5 Å². The molecule has 24 heavy (non-hydrogen) atoms. The molecular formula is C14H20N2O6S2. The Balaban J connectivity index is 2.14. The Morgan fingerprint density at radius 2 is 1.96 bits per heavy atom. The van der Waals surface area contributed by atoms with E-state index < -0.39 is 27.9 Å². The van der Waals surface area contributed by atoms with Crippen molar-refractivity contribution in [3.8, 4) is 0 Å². The molecule has 2 heterocycles. The fraction of sp³-hybridized carbons (Fsp3) is 0.571. The number of sulfonamides is 1. The number of ether oxygens (including phenoxy) is 1. The van der Waals surface area contributed by atoms with E-state index in [-0.39, 0.29) is 28.8 Å². The van der Waals surface area contributed by atoms with Gasteiger partial charge in [0.05, 0.1) is 23.0 Å². The zero-order valence-corrected chi connectivity index (χ0v) is 15.0. The summed E-state index contributed by atoms with van der Waals surface area (Å²) in [7, 11) is -3.67. The molecule has 1 atom stereocenters. The fourth-order valence-electron chi connectivity index (χ4n) is 2.24. The van der Waals surface area contributed by atoms with Gasteiger partial charge in [-0.05, 0) is 12.0 Å². The van der Waals surface area contributed by atoms with Crippen molar-refractivity contribution < 1.29 is 27.9 Å². The first kappa shape index (κ1) is 18.8. The zero-order valence-electron chi connectivity index (χ0n) is 13.4. The van der Waals surface area contributed by atoms with Crippen LogP contribution in [0.2, 0.25) is 0 Å². The molecule has 0 aliphatic carbocycles. The molecule has 0 bridgehead atoms. The molecule has 1 amide bonds. The maximum absolute atomic E-state index is 12.5. The van der Waals surface area contributed by atoms with Crippen molar-refractivity contribution in [1.29, 1.82) is 0 Å². The number of nitrogens with zero attached hydrogens (tertiary/aromatic N) is 1.